The van der Waals surface area contributed by atoms with Crippen molar-refractivity contribution in [3.8, 4) is 11.3 Å². The molecule has 0 aliphatic heterocycles. The number of halogens is 3. The SMILES string of the molecule is CC(C)C(=N)OC(=N)c1ccn2c(-c3cccc(NC(=O)NCC(F)(F)F)c3)cnc2c1. The van der Waals surface area contributed by atoms with Crippen LogP contribution in [0.2, 0.25) is 0 Å². The van der Waals surface area contributed by atoms with Crippen molar-refractivity contribution in [2.45, 2.75) is 20.0 Å². The molecule has 32 heavy (non-hydrogen) atoms. The number of alkyl halides is 3. The first-order valence-corrected chi connectivity index (χ1v) is 9.58. The molecule has 11 heteroatoms. The highest BCUT2D eigenvalue weighted by Crippen LogP contribution is 2.24. The Balaban J connectivity index is 1.78. The molecule has 0 saturated heterocycles. The average molecular weight is 446 g/mol. The molecule has 4 N–H and O–H groups in total. The molecule has 0 aliphatic rings. The van der Waals surface area contributed by atoms with Gasteiger partial charge in [-0.25, -0.2) is 9.78 Å². The van der Waals surface area contributed by atoms with Gasteiger partial charge in [0.15, 0.2) is 5.90 Å². The van der Waals surface area contributed by atoms with E-state index >= 15 is 0 Å². The summed E-state index contributed by atoms with van der Waals surface area (Å²) < 4.78 is 43.7. The van der Waals surface area contributed by atoms with Crippen molar-refractivity contribution in [2.24, 2.45) is 5.92 Å². The lowest BCUT2D eigenvalue weighted by Gasteiger charge is -2.11. The van der Waals surface area contributed by atoms with Crippen LogP contribution in [0.25, 0.3) is 16.9 Å². The van der Waals surface area contributed by atoms with Crippen molar-refractivity contribution in [1.82, 2.24) is 14.7 Å². The van der Waals surface area contributed by atoms with Gasteiger partial charge in [0, 0.05) is 28.9 Å². The number of urea groups is 1. The maximum Gasteiger partial charge on any atom is 0.405 e. The quantitative estimate of drug-likeness (QED) is 0.337. The first kappa shape index (κ1) is 22.8. The third-order valence-electron chi connectivity index (χ3n) is 4.38. The number of imidazole rings is 1. The number of anilines is 1. The molecular weight excluding hydrogens is 425 g/mol. The van der Waals surface area contributed by atoms with E-state index in [9.17, 15) is 18.0 Å². The van der Waals surface area contributed by atoms with Crippen LogP contribution >= 0.6 is 0 Å². The zero-order chi connectivity index (χ0) is 23.5. The number of ether oxygens (including phenoxy) is 1. The number of nitrogens with one attached hydrogen (secondary N) is 4. The Morgan fingerprint density at radius 3 is 2.66 bits per heavy atom. The van der Waals surface area contributed by atoms with Gasteiger partial charge in [0.25, 0.3) is 0 Å². The Kier molecular flexibility index (Phi) is 6.47. The van der Waals surface area contributed by atoms with Gasteiger partial charge in [0.1, 0.15) is 12.2 Å². The zero-order valence-corrected chi connectivity index (χ0v) is 17.2. The van der Waals surface area contributed by atoms with E-state index in [0.717, 1.165) is 0 Å². The number of amides is 2. The summed E-state index contributed by atoms with van der Waals surface area (Å²) in [5, 5.41) is 19.9. The molecule has 0 bridgehead atoms. The molecule has 0 spiro atoms. The molecule has 3 aromatic rings. The topological polar surface area (TPSA) is 115 Å². The van der Waals surface area contributed by atoms with Crippen LogP contribution in [0.1, 0.15) is 19.4 Å². The number of aromatic nitrogens is 2. The molecule has 0 atom stereocenters. The van der Waals surface area contributed by atoms with Crippen molar-refractivity contribution in [3.63, 3.8) is 0 Å². The third-order valence-corrected chi connectivity index (χ3v) is 4.38. The molecule has 0 aliphatic carbocycles. The van der Waals surface area contributed by atoms with Crippen molar-refractivity contribution in [3.05, 3.63) is 54.4 Å². The molecule has 1 aromatic carbocycles. The fourth-order valence-corrected chi connectivity index (χ4v) is 2.73. The Morgan fingerprint density at radius 2 is 1.97 bits per heavy atom. The minimum Gasteiger partial charge on any atom is -0.425 e. The van der Waals surface area contributed by atoms with E-state index < -0.39 is 18.8 Å². The fourth-order valence-electron chi connectivity index (χ4n) is 2.73. The van der Waals surface area contributed by atoms with Crippen molar-refractivity contribution >= 4 is 29.2 Å². The van der Waals surface area contributed by atoms with E-state index in [2.05, 4.69) is 10.3 Å². The van der Waals surface area contributed by atoms with Crippen LogP contribution < -0.4 is 10.6 Å². The largest absolute Gasteiger partial charge is 0.425 e. The number of fused-ring (bicyclic) bond motifs is 1. The number of pyridine rings is 1. The zero-order valence-electron chi connectivity index (χ0n) is 17.2. The second kappa shape index (κ2) is 9.08. The fraction of sp³-hybridized carbons (Fsp3) is 0.238. The highest BCUT2D eigenvalue weighted by molar-refractivity contribution is 6.00. The molecule has 168 valence electrons. The summed E-state index contributed by atoms with van der Waals surface area (Å²) in [5.41, 5.74) is 2.65. The van der Waals surface area contributed by atoms with Crippen LogP contribution in [0.3, 0.4) is 0 Å². The van der Waals surface area contributed by atoms with Gasteiger partial charge in [0.05, 0.1) is 11.9 Å². The smallest absolute Gasteiger partial charge is 0.405 e. The highest BCUT2D eigenvalue weighted by atomic mass is 19.4. The minimum atomic E-state index is -4.50. The van der Waals surface area contributed by atoms with Crippen LogP contribution in [0.5, 0.6) is 0 Å². The van der Waals surface area contributed by atoms with Crippen LogP contribution in [0.15, 0.2) is 48.8 Å². The minimum absolute atomic E-state index is 0.0116. The maximum absolute atomic E-state index is 12.2. The van der Waals surface area contributed by atoms with Crippen molar-refractivity contribution in [2.75, 3.05) is 11.9 Å². The first-order valence-electron chi connectivity index (χ1n) is 9.58. The predicted octanol–water partition coefficient (Wildman–Crippen LogP) is 4.66. The lowest BCUT2D eigenvalue weighted by molar-refractivity contribution is -0.122. The summed E-state index contributed by atoms with van der Waals surface area (Å²) in [4.78, 5) is 16.0. The first-order chi connectivity index (χ1) is 15.0. The normalized spacial score (nSPS) is 11.4. The number of hydrogen-bond donors (Lipinski definition) is 4. The number of hydrogen-bond acceptors (Lipinski definition) is 5. The van der Waals surface area contributed by atoms with E-state index in [-0.39, 0.29) is 17.7 Å². The summed E-state index contributed by atoms with van der Waals surface area (Å²) in [7, 11) is 0. The van der Waals surface area contributed by atoms with E-state index in [1.165, 1.54) is 0 Å². The number of benzene rings is 1. The number of carbonyl (C=O) groups excluding carboxylic acids is 1. The lowest BCUT2D eigenvalue weighted by atomic mass is 10.1. The summed E-state index contributed by atoms with van der Waals surface area (Å²) in [6.07, 6.45) is -1.20. The molecule has 0 saturated carbocycles. The van der Waals surface area contributed by atoms with Gasteiger partial charge < -0.3 is 15.4 Å². The lowest BCUT2D eigenvalue weighted by Crippen LogP contribution is -2.36. The summed E-state index contributed by atoms with van der Waals surface area (Å²) in [6.45, 7) is 2.16. The highest BCUT2D eigenvalue weighted by Gasteiger charge is 2.27. The Morgan fingerprint density at radius 1 is 1.22 bits per heavy atom. The summed E-state index contributed by atoms with van der Waals surface area (Å²) in [5.74, 6) is -0.317. The van der Waals surface area contributed by atoms with Gasteiger partial charge in [-0.1, -0.05) is 26.0 Å². The molecule has 0 unspecified atom stereocenters. The Hall–Kier alpha value is -3.89. The van der Waals surface area contributed by atoms with Gasteiger partial charge in [-0.15, -0.1) is 0 Å². The maximum atomic E-state index is 12.2. The Bertz CT molecular complexity index is 1170. The Labute approximate surface area is 181 Å². The predicted molar refractivity (Wildman–Crippen MR) is 114 cm³/mol. The van der Waals surface area contributed by atoms with Crippen LogP contribution in [-0.4, -0.2) is 39.9 Å². The molecule has 8 nitrogen and oxygen atoms in total. The van der Waals surface area contributed by atoms with Crippen LogP contribution in [0, 0.1) is 16.7 Å². The summed E-state index contributed by atoms with van der Waals surface area (Å²) >= 11 is 0. The molecule has 3 rings (SSSR count). The molecule has 0 radical (unpaired) electrons. The van der Waals surface area contributed by atoms with Crippen molar-refractivity contribution in [1.29, 1.82) is 10.8 Å². The van der Waals surface area contributed by atoms with Gasteiger partial charge >= 0.3 is 12.2 Å². The third kappa shape index (κ3) is 5.62. The van der Waals surface area contributed by atoms with Crippen LogP contribution in [-0.2, 0) is 4.74 Å². The van der Waals surface area contributed by atoms with E-state index in [1.807, 2.05) is 0 Å². The van der Waals surface area contributed by atoms with Gasteiger partial charge in [0.2, 0.25) is 5.90 Å². The number of carbonyl (C=O) groups is 1. The number of nitrogens with zero attached hydrogens (tertiary/aromatic N) is 2. The van der Waals surface area contributed by atoms with Crippen molar-refractivity contribution < 1.29 is 22.7 Å². The second-order valence-corrected chi connectivity index (χ2v) is 7.24. The molecule has 0 fully saturated rings. The molecule has 2 amide bonds. The average Bonchev–Trinajstić information content (AvgIpc) is 3.15. The standard InChI is InChI=1S/C21H21F3N6O2/c1-12(2)18(25)32-19(26)14-6-7-30-16(10-27-17(30)9-14)13-4-3-5-15(8-13)29-20(31)28-11-21(22,23)24/h3-10,12,25-26H,11H2,1-2H3,(H2,28,29,31). The second-order valence-electron chi connectivity index (χ2n) is 7.24. The van der Waals surface area contributed by atoms with E-state index in [4.69, 9.17) is 15.6 Å². The van der Waals surface area contributed by atoms with Gasteiger partial charge in [-0.3, -0.25) is 15.2 Å². The van der Waals surface area contributed by atoms with Gasteiger partial charge in [-0.05, 0) is 24.3 Å². The van der Waals surface area contributed by atoms with Gasteiger partial charge in [-0.2, -0.15) is 13.2 Å². The summed E-state index contributed by atoms with van der Waals surface area (Å²) in [6, 6.07) is 8.93. The monoisotopic (exact) mass is 446 g/mol. The van der Waals surface area contributed by atoms with Crippen LogP contribution in [0.4, 0.5) is 23.7 Å². The number of rotatable bonds is 5. The molecule has 2 heterocycles. The molecular formula is C21H21F3N6O2. The van der Waals surface area contributed by atoms with E-state index in [1.54, 1.807) is 72.4 Å². The molecule has 2 aromatic heterocycles. The van der Waals surface area contributed by atoms with E-state index in [0.29, 0.717) is 28.2 Å².